The topological polar surface area (TPSA) is 93.7 Å². The lowest BCUT2D eigenvalue weighted by Gasteiger charge is -2.08. The van der Waals surface area contributed by atoms with Gasteiger partial charge in [0, 0.05) is 11.8 Å². The molecule has 0 aliphatic heterocycles. The molecule has 2 amide bonds. The molecule has 0 unspecified atom stereocenters. The van der Waals surface area contributed by atoms with E-state index in [0.29, 0.717) is 5.69 Å². The van der Waals surface area contributed by atoms with E-state index in [1.54, 1.807) is 0 Å². The highest BCUT2D eigenvalue weighted by atomic mass is 19.1. The number of esters is 1. The second-order valence-electron chi connectivity index (χ2n) is 5.25. The summed E-state index contributed by atoms with van der Waals surface area (Å²) in [5.41, 5.74) is 0.00899. The van der Waals surface area contributed by atoms with Crippen LogP contribution in [0.2, 0.25) is 0 Å². The summed E-state index contributed by atoms with van der Waals surface area (Å²) < 4.78 is 36.0. The van der Waals surface area contributed by atoms with Gasteiger partial charge < -0.3 is 20.1 Å². The number of ether oxygens (including phenoxy) is 2. The zero-order valence-electron chi connectivity index (χ0n) is 14.3. The van der Waals surface area contributed by atoms with Gasteiger partial charge in [-0.1, -0.05) is 0 Å². The Morgan fingerprint density at radius 2 is 1.70 bits per heavy atom. The van der Waals surface area contributed by atoms with Gasteiger partial charge in [0.2, 0.25) is 5.91 Å². The maximum Gasteiger partial charge on any atom is 0.341 e. The normalized spacial score (nSPS) is 10.0. The molecule has 2 aromatic rings. The Balaban J connectivity index is 1.76. The lowest BCUT2D eigenvalue weighted by atomic mass is 10.2. The van der Waals surface area contributed by atoms with E-state index in [0.717, 1.165) is 6.07 Å². The Morgan fingerprint density at radius 1 is 1.00 bits per heavy atom. The molecule has 2 rings (SSSR count). The van der Waals surface area contributed by atoms with Crippen LogP contribution in [0.25, 0.3) is 0 Å². The van der Waals surface area contributed by atoms with Gasteiger partial charge in [0.1, 0.15) is 17.4 Å². The van der Waals surface area contributed by atoms with Crippen molar-refractivity contribution in [3.63, 3.8) is 0 Å². The fraction of sp³-hybridized carbons (Fsp3) is 0.167. The van der Waals surface area contributed by atoms with Crippen molar-refractivity contribution in [2.24, 2.45) is 0 Å². The molecule has 0 bridgehead atoms. The molecule has 0 aliphatic rings. The Labute approximate surface area is 153 Å². The molecule has 7 nitrogen and oxygen atoms in total. The number of anilines is 1. The van der Waals surface area contributed by atoms with Gasteiger partial charge in [-0.05, 0) is 36.4 Å². The first-order valence-electron chi connectivity index (χ1n) is 7.72. The van der Waals surface area contributed by atoms with E-state index in [4.69, 9.17) is 9.47 Å². The molecule has 27 heavy (non-hydrogen) atoms. The first kappa shape index (κ1) is 19.8. The molecule has 0 aromatic heterocycles. The summed E-state index contributed by atoms with van der Waals surface area (Å²) in [4.78, 5) is 35.1. The molecular formula is C18H16F2N2O5. The van der Waals surface area contributed by atoms with Gasteiger partial charge in [0.05, 0.1) is 19.2 Å². The van der Waals surface area contributed by atoms with Crippen molar-refractivity contribution in [3.05, 3.63) is 59.7 Å². The number of carbonyl (C=O) groups excluding carboxylic acids is 3. The monoisotopic (exact) mass is 378 g/mol. The molecule has 0 aliphatic carbocycles. The number of carbonyl (C=O) groups is 3. The third-order valence-electron chi connectivity index (χ3n) is 3.30. The highest BCUT2D eigenvalue weighted by Crippen LogP contribution is 2.16. The molecule has 0 atom stereocenters. The molecule has 2 aromatic carbocycles. The summed E-state index contributed by atoms with van der Waals surface area (Å²) in [7, 11) is 1.35. The highest BCUT2D eigenvalue weighted by Gasteiger charge is 2.16. The van der Waals surface area contributed by atoms with Crippen molar-refractivity contribution in [1.29, 1.82) is 0 Å². The van der Waals surface area contributed by atoms with E-state index < -0.39 is 36.0 Å². The third kappa shape index (κ3) is 6.07. The number of halogens is 2. The van der Waals surface area contributed by atoms with E-state index in [1.807, 2.05) is 0 Å². The van der Waals surface area contributed by atoms with Crippen molar-refractivity contribution < 1.29 is 32.6 Å². The first-order chi connectivity index (χ1) is 12.9. The minimum Gasteiger partial charge on any atom is -0.497 e. The average Bonchev–Trinajstić information content (AvgIpc) is 2.66. The van der Waals surface area contributed by atoms with Crippen LogP contribution in [0.15, 0.2) is 42.5 Å². The molecule has 142 valence electrons. The molecule has 9 heteroatoms. The lowest BCUT2D eigenvalue weighted by Crippen LogP contribution is -2.35. The summed E-state index contributed by atoms with van der Waals surface area (Å²) in [5.74, 6) is -3.39. The Kier molecular flexibility index (Phi) is 6.81. The lowest BCUT2D eigenvalue weighted by molar-refractivity contribution is -0.126. The van der Waals surface area contributed by atoms with Crippen LogP contribution in [0.1, 0.15) is 10.4 Å². The predicted octanol–water partition coefficient (Wildman–Crippen LogP) is 1.89. The SMILES string of the molecule is COc1ccc(C(=O)OCC(=O)NCC(=O)Nc2ccc(F)cc2)c(F)c1. The van der Waals surface area contributed by atoms with Crippen LogP contribution in [0.4, 0.5) is 14.5 Å². The summed E-state index contributed by atoms with van der Waals surface area (Å²) in [5, 5.41) is 4.68. The van der Waals surface area contributed by atoms with Crippen LogP contribution in [-0.4, -0.2) is 38.0 Å². The zero-order valence-corrected chi connectivity index (χ0v) is 14.3. The number of hydrogen-bond donors (Lipinski definition) is 2. The van der Waals surface area contributed by atoms with Gasteiger partial charge in [0.25, 0.3) is 5.91 Å². The van der Waals surface area contributed by atoms with Gasteiger partial charge in [-0.25, -0.2) is 13.6 Å². The molecule has 0 heterocycles. The molecule has 0 fully saturated rings. The summed E-state index contributed by atoms with van der Waals surface area (Å²) in [6.45, 7) is -1.07. The summed E-state index contributed by atoms with van der Waals surface area (Å²) in [6, 6.07) is 8.62. The van der Waals surface area contributed by atoms with Gasteiger partial charge in [-0.3, -0.25) is 9.59 Å². The third-order valence-corrected chi connectivity index (χ3v) is 3.30. The number of nitrogens with one attached hydrogen (secondary N) is 2. The van der Waals surface area contributed by atoms with Crippen LogP contribution in [0.5, 0.6) is 5.75 Å². The molecule has 0 radical (unpaired) electrons. The number of benzene rings is 2. The Bertz CT molecular complexity index is 840. The summed E-state index contributed by atoms with van der Waals surface area (Å²) in [6.07, 6.45) is 0. The molecule has 0 saturated heterocycles. The van der Waals surface area contributed by atoms with Gasteiger partial charge in [-0.2, -0.15) is 0 Å². The zero-order chi connectivity index (χ0) is 19.8. The number of methoxy groups -OCH3 is 1. The van der Waals surface area contributed by atoms with Crippen LogP contribution in [0.3, 0.4) is 0 Å². The summed E-state index contributed by atoms with van der Waals surface area (Å²) >= 11 is 0. The number of rotatable bonds is 7. The Morgan fingerprint density at radius 3 is 2.33 bits per heavy atom. The smallest absolute Gasteiger partial charge is 0.341 e. The van der Waals surface area contributed by atoms with Crippen molar-refractivity contribution in [1.82, 2.24) is 5.32 Å². The van der Waals surface area contributed by atoms with E-state index in [2.05, 4.69) is 10.6 Å². The minimum atomic E-state index is -1.03. The standard InChI is InChI=1S/C18H16F2N2O5/c1-26-13-6-7-14(15(20)8-13)18(25)27-10-17(24)21-9-16(23)22-12-4-2-11(19)3-5-12/h2-8H,9-10H2,1H3,(H,21,24)(H,22,23). The average molecular weight is 378 g/mol. The maximum absolute atomic E-state index is 13.7. The molecular weight excluding hydrogens is 362 g/mol. The van der Waals surface area contributed by atoms with Crippen molar-refractivity contribution in [2.45, 2.75) is 0 Å². The van der Waals surface area contributed by atoms with E-state index in [9.17, 15) is 23.2 Å². The van der Waals surface area contributed by atoms with Crippen LogP contribution in [-0.2, 0) is 14.3 Å². The fourth-order valence-corrected chi connectivity index (χ4v) is 1.97. The van der Waals surface area contributed by atoms with Crippen molar-refractivity contribution >= 4 is 23.5 Å². The largest absolute Gasteiger partial charge is 0.497 e. The van der Waals surface area contributed by atoms with Crippen LogP contribution < -0.4 is 15.4 Å². The maximum atomic E-state index is 13.7. The quantitative estimate of drug-likeness (QED) is 0.718. The number of amides is 2. The second-order valence-corrected chi connectivity index (χ2v) is 5.25. The predicted molar refractivity (Wildman–Crippen MR) is 91.3 cm³/mol. The van der Waals surface area contributed by atoms with Crippen molar-refractivity contribution in [3.8, 4) is 5.75 Å². The minimum absolute atomic E-state index is 0.231. The van der Waals surface area contributed by atoms with Gasteiger partial charge in [-0.15, -0.1) is 0 Å². The van der Waals surface area contributed by atoms with Crippen molar-refractivity contribution in [2.75, 3.05) is 25.6 Å². The van der Waals surface area contributed by atoms with Gasteiger partial charge >= 0.3 is 5.97 Å². The number of hydrogen-bond acceptors (Lipinski definition) is 5. The fourth-order valence-electron chi connectivity index (χ4n) is 1.97. The highest BCUT2D eigenvalue weighted by molar-refractivity contribution is 5.95. The van der Waals surface area contributed by atoms with Crippen LogP contribution in [0, 0.1) is 11.6 Å². The molecule has 0 saturated carbocycles. The van der Waals surface area contributed by atoms with E-state index >= 15 is 0 Å². The molecule has 0 spiro atoms. The Hall–Kier alpha value is -3.49. The van der Waals surface area contributed by atoms with E-state index in [-0.39, 0.29) is 17.9 Å². The first-order valence-corrected chi connectivity index (χ1v) is 7.72. The molecule has 2 N–H and O–H groups in total. The second kappa shape index (κ2) is 9.27. The van der Waals surface area contributed by atoms with Crippen LogP contribution >= 0.6 is 0 Å². The van der Waals surface area contributed by atoms with Gasteiger partial charge in [0.15, 0.2) is 6.61 Å². The van der Waals surface area contributed by atoms with E-state index in [1.165, 1.54) is 43.5 Å².